The first-order valence-electron chi connectivity index (χ1n) is 7.42. The molecular weight excluding hydrogens is 379 g/mol. The van der Waals surface area contributed by atoms with Crippen molar-refractivity contribution >= 4 is 52.8 Å². The molecule has 3 rings (SSSR count). The molecule has 1 heterocycles. The van der Waals surface area contributed by atoms with Crippen molar-refractivity contribution in [3.8, 4) is 5.75 Å². The van der Waals surface area contributed by atoms with Crippen LogP contribution in [0.5, 0.6) is 5.75 Å². The number of hydrogen-bond acceptors (Lipinski definition) is 4. The topological polar surface area (TPSA) is 75.7 Å². The van der Waals surface area contributed by atoms with E-state index in [0.29, 0.717) is 11.3 Å². The summed E-state index contributed by atoms with van der Waals surface area (Å²) in [5.74, 6) is -1.03. The fourth-order valence-electron chi connectivity index (χ4n) is 2.42. The first kappa shape index (κ1) is 18.0. The van der Waals surface area contributed by atoms with Gasteiger partial charge in [0.05, 0.1) is 12.8 Å². The minimum Gasteiger partial charge on any atom is -0.497 e. The van der Waals surface area contributed by atoms with Crippen LogP contribution in [0.2, 0.25) is 10.0 Å². The zero-order chi connectivity index (χ0) is 18.8. The van der Waals surface area contributed by atoms with E-state index >= 15 is 0 Å². The molecule has 0 unspecified atom stereocenters. The highest BCUT2D eigenvalue weighted by atomic mass is 35.5. The lowest BCUT2D eigenvalue weighted by Gasteiger charge is -2.26. The van der Waals surface area contributed by atoms with Gasteiger partial charge in [-0.05, 0) is 42.5 Å². The zero-order valence-electron chi connectivity index (χ0n) is 13.5. The number of carbonyl (C=O) groups is 3. The number of methoxy groups -OCH3 is 1. The Bertz CT molecular complexity index is 918. The minimum absolute atomic E-state index is 0.254. The Morgan fingerprint density at radius 3 is 2.19 bits per heavy atom. The number of halogens is 2. The van der Waals surface area contributed by atoms with Gasteiger partial charge in [-0.1, -0.05) is 29.3 Å². The second-order valence-corrected chi connectivity index (χ2v) is 6.11. The molecule has 1 aliphatic rings. The summed E-state index contributed by atoms with van der Waals surface area (Å²) in [5.41, 5.74) is 0.353. The number of urea groups is 1. The third-order valence-electron chi connectivity index (χ3n) is 3.72. The molecule has 8 heteroatoms. The molecule has 0 saturated carbocycles. The van der Waals surface area contributed by atoms with Gasteiger partial charge in [-0.3, -0.25) is 14.9 Å². The lowest BCUT2D eigenvalue weighted by Crippen LogP contribution is -2.54. The fraction of sp³-hybridized carbons (Fsp3) is 0.0556. The molecule has 0 atom stereocenters. The smallest absolute Gasteiger partial charge is 0.335 e. The van der Waals surface area contributed by atoms with Gasteiger partial charge in [-0.25, -0.2) is 9.69 Å². The van der Waals surface area contributed by atoms with Crippen LogP contribution < -0.4 is 15.0 Å². The highest BCUT2D eigenvalue weighted by Gasteiger charge is 2.37. The van der Waals surface area contributed by atoms with Crippen LogP contribution in [-0.2, 0) is 9.59 Å². The molecule has 0 spiro atoms. The number of rotatable bonds is 3. The molecule has 26 heavy (non-hydrogen) atoms. The van der Waals surface area contributed by atoms with Crippen LogP contribution in [0.4, 0.5) is 10.5 Å². The van der Waals surface area contributed by atoms with Crippen LogP contribution in [0.15, 0.2) is 48.0 Å². The third-order valence-corrected chi connectivity index (χ3v) is 4.38. The molecule has 1 aliphatic heterocycles. The van der Waals surface area contributed by atoms with Crippen molar-refractivity contribution in [2.75, 3.05) is 12.0 Å². The summed E-state index contributed by atoms with van der Waals surface area (Å²) < 4.78 is 5.05. The van der Waals surface area contributed by atoms with Crippen LogP contribution in [0.1, 0.15) is 5.56 Å². The van der Waals surface area contributed by atoms with Crippen LogP contribution >= 0.6 is 23.2 Å². The van der Waals surface area contributed by atoms with Gasteiger partial charge in [0.15, 0.2) is 0 Å². The van der Waals surface area contributed by atoms with Crippen molar-refractivity contribution in [2.45, 2.75) is 0 Å². The SMILES string of the molecule is COc1ccc(N2C(=O)NC(=O)/C(=C/c3c(Cl)cccc3Cl)C2=O)cc1. The molecule has 0 bridgehead atoms. The van der Waals surface area contributed by atoms with Gasteiger partial charge < -0.3 is 4.74 Å². The summed E-state index contributed by atoms with van der Waals surface area (Å²) >= 11 is 12.2. The number of barbiturate groups is 1. The van der Waals surface area contributed by atoms with E-state index in [1.807, 2.05) is 0 Å². The van der Waals surface area contributed by atoms with Gasteiger partial charge in [-0.2, -0.15) is 0 Å². The maximum Gasteiger partial charge on any atom is 0.335 e. The normalized spacial score (nSPS) is 16.0. The van der Waals surface area contributed by atoms with E-state index in [-0.39, 0.29) is 21.3 Å². The Balaban J connectivity index is 2.04. The van der Waals surface area contributed by atoms with Gasteiger partial charge in [0.1, 0.15) is 11.3 Å². The van der Waals surface area contributed by atoms with Gasteiger partial charge in [0.25, 0.3) is 11.8 Å². The van der Waals surface area contributed by atoms with Gasteiger partial charge in [0, 0.05) is 15.6 Å². The van der Waals surface area contributed by atoms with Crippen molar-refractivity contribution in [1.29, 1.82) is 0 Å². The Hall–Kier alpha value is -2.83. The van der Waals surface area contributed by atoms with Gasteiger partial charge in [0.2, 0.25) is 0 Å². The number of imide groups is 2. The number of anilines is 1. The van der Waals surface area contributed by atoms with Gasteiger partial charge >= 0.3 is 6.03 Å². The number of nitrogens with one attached hydrogen (secondary N) is 1. The first-order chi connectivity index (χ1) is 12.4. The summed E-state index contributed by atoms with van der Waals surface area (Å²) in [7, 11) is 1.50. The minimum atomic E-state index is -0.840. The second-order valence-electron chi connectivity index (χ2n) is 5.29. The fourth-order valence-corrected chi connectivity index (χ4v) is 2.92. The number of carbonyl (C=O) groups excluding carboxylic acids is 3. The van der Waals surface area contributed by atoms with E-state index in [1.165, 1.54) is 25.3 Å². The molecule has 1 saturated heterocycles. The maximum absolute atomic E-state index is 12.8. The molecule has 132 valence electrons. The Labute approximate surface area is 158 Å². The Morgan fingerprint density at radius 2 is 1.62 bits per heavy atom. The van der Waals surface area contributed by atoms with Crippen LogP contribution in [0, 0.1) is 0 Å². The number of amides is 4. The lowest BCUT2D eigenvalue weighted by molar-refractivity contribution is -0.122. The van der Waals surface area contributed by atoms with Crippen molar-refractivity contribution in [1.82, 2.24) is 5.32 Å². The summed E-state index contributed by atoms with van der Waals surface area (Å²) in [6.07, 6.45) is 1.27. The third kappa shape index (κ3) is 3.29. The molecule has 0 radical (unpaired) electrons. The average Bonchev–Trinajstić information content (AvgIpc) is 2.61. The summed E-state index contributed by atoms with van der Waals surface area (Å²) in [4.78, 5) is 38.0. The predicted octanol–water partition coefficient (Wildman–Crippen LogP) is 3.67. The largest absolute Gasteiger partial charge is 0.497 e. The zero-order valence-corrected chi connectivity index (χ0v) is 15.0. The van der Waals surface area contributed by atoms with E-state index < -0.39 is 17.8 Å². The van der Waals surface area contributed by atoms with E-state index in [0.717, 1.165) is 4.90 Å². The average molecular weight is 391 g/mol. The molecule has 2 aromatic rings. The van der Waals surface area contributed by atoms with Crippen molar-refractivity contribution < 1.29 is 19.1 Å². The molecule has 4 amide bonds. The van der Waals surface area contributed by atoms with Crippen molar-refractivity contribution in [3.05, 3.63) is 63.6 Å². The highest BCUT2D eigenvalue weighted by Crippen LogP contribution is 2.29. The molecular formula is C18H12Cl2N2O4. The summed E-state index contributed by atoms with van der Waals surface area (Å²) in [6, 6.07) is 10.2. The molecule has 2 aromatic carbocycles. The monoisotopic (exact) mass is 390 g/mol. The van der Waals surface area contributed by atoms with E-state index in [4.69, 9.17) is 27.9 Å². The van der Waals surface area contributed by atoms with Crippen molar-refractivity contribution in [2.24, 2.45) is 0 Å². The highest BCUT2D eigenvalue weighted by molar-refractivity contribution is 6.41. The first-order valence-corrected chi connectivity index (χ1v) is 8.17. The quantitative estimate of drug-likeness (QED) is 0.640. The van der Waals surface area contributed by atoms with Crippen LogP contribution in [-0.4, -0.2) is 25.0 Å². The van der Waals surface area contributed by atoms with E-state index in [9.17, 15) is 14.4 Å². The lowest BCUT2D eigenvalue weighted by atomic mass is 10.1. The number of hydrogen-bond donors (Lipinski definition) is 1. The molecule has 6 nitrogen and oxygen atoms in total. The number of nitrogens with zero attached hydrogens (tertiary/aromatic N) is 1. The Kier molecular flexibility index (Phi) is 4.97. The van der Waals surface area contributed by atoms with Crippen LogP contribution in [0.25, 0.3) is 6.08 Å². The molecule has 0 aromatic heterocycles. The Morgan fingerprint density at radius 1 is 1.00 bits per heavy atom. The van der Waals surface area contributed by atoms with Crippen LogP contribution in [0.3, 0.4) is 0 Å². The van der Waals surface area contributed by atoms with Gasteiger partial charge in [-0.15, -0.1) is 0 Å². The van der Waals surface area contributed by atoms with Crippen molar-refractivity contribution in [3.63, 3.8) is 0 Å². The maximum atomic E-state index is 12.8. The molecule has 1 fully saturated rings. The summed E-state index contributed by atoms with van der Waals surface area (Å²) in [5, 5.41) is 2.69. The summed E-state index contributed by atoms with van der Waals surface area (Å²) in [6.45, 7) is 0. The molecule has 0 aliphatic carbocycles. The predicted molar refractivity (Wildman–Crippen MR) is 98.5 cm³/mol. The number of ether oxygens (including phenoxy) is 1. The standard InChI is InChI=1S/C18H12Cl2N2O4/c1-26-11-7-5-10(6-8-11)22-17(24)13(16(23)21-18(22)25)9-12-14(19)3-2-4-15(12)20/h2-9H,1H3,(H,21,23,25)/b13-9-. The number of benzene rings is 2. The molecule has 1 N–H and O–H groups in total. The van der Waals surface area contributed by atoms with E-state index in [1.54, 1.807) is 30.3 Å². The second kappa shape index (κ2) is 7.19. The van der Waals surface area contributed by atoms with E-state index in [2.05, 4.69) is 5.32 Å².